The fourth-order valence-electron chi connectivity index (χ4n) is 1.11. The van der Waals surface area contributed by atoms with Gasteiger partial charge in [-0.05, 0) is 18.2 Å². The Bertz CT molecular complexity index is 281. The number of likely N-dealkylation sites (N-methyl/N-ethyl adjacent to an activating group) is 1. The molecule has 0 aromatic heterocycles. The van der Waals surface area contributed by atoms with Crippen LogP contribution in [0.25, 0.3) is 6.08 Å². The van der Waals surface area contributed by atoms with Crippen molar-refractivity contribution < 1.29 is 0 Å². The van der Waals surface area contributed by atoms with Crippen LogP contribution in [0, 0.1) is 0 Å². The molecule has 2 heteroatoms. The topological polar surface area (TPSA) is 12.0 Å². The van der Waals surface area contributed by atoms with Crippen LogP contribution in [-0.2, 0) is 5.75 Å². The summed E-state index contributed by atoms with van der Waals surface area (Å²) >= 11 is 4.23. The van der Waals surface area contributed by atoms with Gasteiger partial charge in [0.05, 0.1) is 0 Å². The van der Waals surface area contributed by atoms with Gasteiger partial charge in [-0.25, -0.2) is 0 Å². The first-order chi connectivity index (χ1) is 6.36. The minimum absolute atomic E-state index is 0.799. The number of hydrogen-bond acceptors (Lipinski definition) is 2. The number of benzene rings is 1. The Labute approximate surface area is 85.3 Å². The van der Waals surface area contributed by atoms with Gasteiger partial charge in [-0.15, -0.1) is 0 Å². The van der Waals surface area contributed by atoms with Crippen molar-refractivity contribution in [2.45, 2.75) is 5.75 Å². The standard InChI is InChI=1S/C11H15NS/c1-12-7-3-6-10-4-2-5-11(8-10)9-13/h2-6,8,12-13H,7,9H2,1H3. The zero-order chi connectivity index (χ0) is 9.52. The summed E-state index contributed by atoms with van der Waals surface area (Å²) in [5, 5.41) is 3.06. The fourth-order valence-corrected chi connectivity index (χ4v) is 1.30. The Balaban J connectivity index is 2.66. The number of hydrogen-bond donors (Lipinski definition) is 2. The van der Waals surface area contributed by atoms with E-state index < -0.39 is 0 Å². The first kappa shape index (κ1) is 10.4. The van der Waals surface area contributed by atoms with Crippen molar-refractivity contribution >= 4 is 18.7 Å². The van der Waals surface area contributed by atoms with Gasteiger partial charge in [-0.1, -0.05) is 36.4 Å². The van der Waals surface area contributed by atoms with Crippen LogP contribution in [0.3, 0.4) is 0 Å². The van der Waals surface area contributed by atoms with Gasteiger partial charge >= 0.3 is 0 Å². The number of thiol groups is 1. The van der Waals surface area contributed by atoms with E-state index in [0.717, 1.165) is 12.3 Å². The lowest BCUT2D eigenvalue weighted by Gasteiger charge is -1.97. The van der Waals surface area contributed by atoms with Crippen LogP contribution in [-0.4, -0.2) is 13.6 Å². The average Bonchev–Trinajstić information content (AvgIpc) is 2.19. The molecule has 0 aliphatic heterocycles. The molecule has 1 nitrogen and oxygen atoms in total. The zero-order valence-electron chi connectivity index (χ0n) is 7.83. The Morgan fingerprint density at radius 3 is 3.00 bits per heavy atom. The molecule has 0 aliphatic rings. The lowest BCUT2D eigenvalue weighted by molar-refractivity contribution is 0.922. The second-order valence-electron chi connectivity index (χ2n) is 2.86. The van der Waals surface area contributed by atoms with Gasteiger partial charge in [0, 0.05) is 12.3 Å². The molecule has 13 heavy (non-hydrogen) atoms. The SMILES string of the molecule is CNCC=Cc1cccc(CS)c1. The fraction of sp³-hybridized carbons (Fsp3) is 0.273. The monoisotopic (exact) mass is 193 g/mol. The molecule has 0 heterocycles. The van der Waals surface area contributed by atoms with Gasteiger partial charge < -0.3 is 5.32 Å². The molecular weight excluding hydrogens is 178 g/mol. The van der Waals surface area contributed by atoms with Crippen LogP contribution in [0.1, 0.15) is 11.1 Å². The van der Waals surface area contributed by atoms with Crippen LogP contribution in [0.5, 0.6) is 0 Å². The molecule has 0 amide bonds. The van der Waals surface area contributed by atoms with E-state index in [4.69, 9.17) is 0 Å². The minimum atomic E-state index is 0.799. The molecule has 0 fully saturated rings. The molecule has 1 rings (SSSR count). The van der Waals surface area contributed by atoms with E-state index in [2.05, 4.69) is 54.4 Å². The number of rotatable bonds is 4. The smallest absolute Gasteiger partial charge is 0.0154 e. The average molecular weight is 193 g/mol. The second-order valence-corrected chi connectivity index (χ2v) is 3.18. The predicted molar refractivity (Wildman–Crippen MR) is 62.1 cm³/mol. The maximum atomic E-state index is 4.23. The molecule has 1 aromatic rings. The third kappa shape index (κ3) is 3.66. The maximum Gasteiger partial charge on any atom is 0.0154 e. The van der Waals surface area contributed by atoms with E-state index in [0.29, 0.717) is 0 Å². The molecule has 0 spiro atoms. The summed E-state index contributed by atoms with van der Waals surface area (Å²) in [5.41, 5.74) is 2.50. The van der Waals surface area contributed by atoms with Crippen molar-refractivity contribution in [3.8, 4) is 0 Å². The van der Waals surface area contributed by atoms with Crippen LogP contribution in [0.2, 0.25) is 0 Å². The molecule has 70 valence electrons. The summed E-state index contributed by atoms with van der Waals surface area (Å²) in [6.07, 6.45) is 4.22. The largest absolute Gasteiger partial charge is 0.316 e. The van der Waals surface area contributed by atoms with Crippen molar-refractivity contribution in [3.63, 3.8) is 0 Å². The van der Waals surface area contributed by atoms with Crippen LogP contribution < -0.4 is 5.32 Å². The minimum Gasteiger partial charge on any atom is -0.316 e. The molecule has 0 radical (unpaired) electrons. The van der Waals surface area contributed by atoms with E-state index in [1.165, 1.54) is 11.1 Å². The summed E-state index contributed by atoms with van der Waals surface area (Å²) in [6, 6.07) is 8.39. The highest BCUT2D eigenvalue weighted by Gasteiger charge is 1.89. The van der Waals surface area contributed by atoms with Gasteiger partial charge in [0.15, 0.2) is 0 Å². The Morgan fingerprint density at radius 2 is 2.31 bits per heavy atom. The highest BCUT2D eigenvalue weighted by Crippen LogP contribution is 2.08. The molecule has 0 saturated heterocycles. The van der Waals surface area contributed by atoms with E-state index in [-0.39, 0.29) is 0 Å². The molecule has 0 atom stereocenters. The van der Waals surface area contributed by atoms with Gasteiger partial charge in [0.1, 0.15) is 0 Å². The Morgan fingerprint density at radius 1 is 1.46 bits per heavy atom. The van der Waals surface area contributed by atoms with E-state index in [1.54, 1.807) is 0 Å². The van der Waals surface area contributed by atoms with Gasteiger partial charge in [0.2, 0.25) is 0 Å². The van der Waals surface area contributed by atoms with Gasteiger partial charge in [-0.2, -0.15) is 12.6 Å². The summed E-state index contributed by atoms with van der Waals surface area (Å²) in [4.78, 5) is 0. The molecular formula is C11H15NS. The van der Waals surface area contributed by atoms with E-state index in [1.807, 2.05) is 7.05 Å². The lowest BCUT2D eigenvalue weighted by Crippen LogP contribution is -2.03. The molecule has 1 aromatic carbocycles. The molecule has 0 aliphatic carbocycles. The first-order valence-electron chi connectivity index (χ1n) is 4.37. The van der Waals surface area contributed by atoms with E-state index in [9.17, 15) is 0 Å². The van der Waals surface area contributed by atoms with Crippen molar-refractivity contribution in [1.82, 2.24) is 5.32 Å². The third-order valence-electron chi connectivity index (χ3n) is 1.77. The van der Waals surface area contributed by atoms with Crippen LogP contribution in [0.4, 0.5) is 0 Å². The lowest BCUT2D eigenvalue weighted by atomic mass is 10.1. The zero-order valence-corrected chi connectivity index (χ0v) is 8.72. The summed E-state index contributed by atoms with van der Waals surface area (Å²) in [6.45, 7) is 0.908. The normalized spacial score (nSPS) is 10.9. The Hall–Kier alpha value is -0.730. The molecule has 1 N–H and O–H groups in total. The first-order valence-corrected chi connectivity index (χ1v) is 5.01. The summed E-state index contributed by atoms with van der Waals surface area (Å²) < 4.78 is 0. The predicted octanol–water partition coefficient (Wildman–Crippen LogP) is 2.35. The summed E-state index contributed by atoms with van der Waals surface area (Å²) in [5.74, 6) is 0.799. The highest BCUT2D eigenvalue weighted by atomic mass is 32.1. The van der Waals surface area contributed by atoms with E-state index >= 15 is 0 Å². The number of nitrogens with one attached hydrogen (secondary N) is 1. The van der Waals surface area contributed by atoms with Gasteiger partial charge in [-0.3, -0.25) is 0 Å². The van der Waals surface area contributed by atoms with Crippen molar-refractivity contribution in [1.29, 1.82) is 0 Å². The molecule has 0 saturated carbocycles. The summed E-state index contributed by atoms with van der Waals surface area (Å²) in [7, 11) is 1.94. The maximum absolute atomic E-state index is 4.23. The van der Waals surface area contributed by atoms with Crippen molar-refractivity contribution in [2.24, 2.45) is 0 Å². The second kappa shape index (κ2) is 5.84. The van der Waals surface area contributed by atoms with Crippen molar-refractivity contribution in [2.75, 3.05) is 13.6 Å². The quantitative estimate of drug-likeness (QED) is 0.699. The van der Waals surface area contributed by atoms with Gasteiger partial charge in [0.25, 0.3) is 0 Å². The molecule has 0 unspecified atom stereocenters. The highest BCUT2D eigenvalue weighted by molar-refractivity contribution is 7.79. The molecule has 0 bridgehead atoms. The van der Waals surface area contributed by atoms with Crippen LogP contribution >= 0.6 is 12.6 Å². The van der Waals surface area contributed by atoms with Crippen LogP contribution in [0.15, 0.2) is 30.3 Å². The Kier molecular flexibility index (Phi) is 4.65. The van der Waals surface area contributed by atoms with Crippen molar-refractivity contribution in [3.05, 3.63) is 41.5 Å². The third-order valence-corrected chi connectivity index (χ3v) is 2.13.